The lowest BCUT2D eigenvalue weighted by Crippen LogP contribution is -2.43. The molecule has 4 atom stereocenters. The smallest absolute Gasteiger partial charge is 0.410 e. The van der Waals surface area contributed by atoms with Crippen molar-refractivity contribution >= 4 is 6.09 Å². The highest BCUT2D eigenvalue weighted by molar-refractivity contribution is 5.68. The van der Waals surface area contributed by atoms with Gasteiger partial charge in [-0.1, -0.05) is 0 Å². The third-order valence-corrected chi connectivity index (χ3v) is 4.01. The molecule has 2 fully saturated rings. The molecule has 4 nitrogen and oxygen atoms in total. The number of fused-ring (bicyclic) bond motifs is 2. The van der Waals surface area contributed by atoms with Crippen LogP contribution in [0.25, 0.3) is 0 Å². The second-order valence-electron chi connectivity index (χ2n) is 6.39. The van der Waals surface area contributed by atoms with E-state index in [0.717, 1.165) is 19.3 Å². The Morgan fingerprint density at radius 1 is 1.35 bits per heavy atom. The quantitative estimate of drug-likeness (QED) is 0.764. The van der Waals surface area contributed by atoms with Gasteiger partial charge >= 0.3 is 6.09 Å². The van der Waals surface area contributed by atoms with Crippen LogP contribution in [0.4, 0.5) is 4.79 Å². The van der Waals surface area contributed by atoms with Gasteiger partial charge in [-0.15, -0.1) is 0 Å². The predicted octanol–water partition coefficient (Wildman–Crippen LogP) is 2.01. The van der Waals surface area contributed by atoms with E-state index in [9.17, 15) is 9.90 Å². The monoisotopic (exact) mass is 241 g/mol. The number of carbonyl (C=O) groups is 1. The number of rotatable bonds is 1. The van der Waals surface area contributed by atoms with Crippen LogP contribution in [-0.2, 0) is 4.74 Å². The summed E-state index contributed by atoms with van der Waals surface area (Å²) >= 11 is 0. The molecule has 0 aromatic heterocycles. The van der Waals surface area contributed by atoms with E-state index in [1.165, 1.54) is 0 Å². The van der Waals surface area contributed by atoms with Crippen molar-refractivity contribution in [2.75, 3.05) is 7.05 Å². The van der Waals surface area contributed by atoms with Crippen LogP contribution in [0.1, 0.15) is 40.0 Å². The molecule has 0 saturated heterocycles. The van der Waals surface area contributed by atoms with Crippen molar-refractivity contribution in [3.05, 3.63) is 0 Å². The zero-order chi connectivity index (χ0) is 12.8. The number of aliphatic hydroxyl groups excluding tert-OH is 1. The molecule has 0 aromatic carbocycles. The summed E-state index contributed by atoms with van der Waals surface area (Å²) in [6.45, 7) is 5.61. The third-order valence-electron chi connectivity index (χ3n) is 4.01. The van der Waals surface area contributed by atoms with Crippen LogP contribution in [0, 0.1) is 11.8 Å². The molecule has 0 radical (unpaired) electrons. The van der Waals surface area contributed by atoms with E-state index < -0.39 is 5.60 Å². The minimum atomic E-state index is -0.457. The van der Waals surface area contributed by atoms with Gasteiger partial charge in [0.15, 0.2) is 0 Å². The standard InChI is InChI=1S/C13H23NO3/c1-13(2,3)17-12(16)14(4)10-7-8-5-6-9(10)11(8)15/h8-11,15H,5-7H2,1-4H3/t8-,9+,10+,11-/m1/s1. The van der Waals surface area contributed by atoms with Gasteiger partial charge in [0.2, 0.25) is 0 Å². The number of amides is 1. The van der Waals surface area contributed by atoms with Gasteiger partial charge < -0.3 is 14.7 Å². The third kappa shape index (κ3) is 2.41. The number of hydrogen-bond donors (Lipinski definition) is 1. The lowest BCUT2D eigenvalue weighted by atomic mass is 9.94. The van der Waals surface area contributed by atoms with Crippen LogP contribution in [-0.4, -0.2) is 40.9 Å². The Balaban J connectivity index is 1.97. The fourth-order valence-corrected chi connectivity index (χ4v) is 3.17. The van der Waals surface area contributed by atoms with Crippen molar-refractivity contribution in [1.29, 1.82) is 0 Å². The van der Waals surface area contributed by atoms with Gasteiger partial charge in [0, 0.05) is 19.0 Å². The molecule has 98 valence electrons. The van der Waals surface area contributed by atoms with Gasteiger partial charge in [-0.2, -0.15) is 0 Å². The Kier molecular flexibility index (Phi) is 3.10. The summed E-state index contributed by atoms with van der Waals surface area (Å²) < 4.78 is 5.36. The first-order chi connectivity index (χ1) is 7.79. The summed E-state index contributed by atoms with van der Waals surface area (Å²) in [4.78, 5) is 13.6. The summed E-state index contributed by atoms with van der Waals surface area (Å²) in [5, 5.41) is 9.98. The molecule has 0 heterocycles. The fraction of sp³-hybridized carbons (Fsp3) is 0.923. The summed E-state index contributed by atoms with van der Waals surface area (Å²) in [6.07, 6.45) is 2.56. The second kappa shape index (κ2) is 4.16. The molecule has 2 saturated carbocycles. The van der Waals surface area contributed by atoms with E-state index in [4.69, 9.17) is 4.74 Å². The van der Waals surface area contributed by atoms with E-state index >= 15 is 0 Å². The number of ether oxygens (including phenoxy) is 1. The van der Waals surface area contributed by atoms with Crippen LogP contribution < -0.4 is 0 Å². The molecular weight excluding hydrogens is 218 g/mol. The van der Waals surface area contributed by atoms with Crippen LogP contribution in [0.3, 0.4) is 0 Å². The molecule has 0 unspecified atom stereocenters. The Morgan fingerprint density at radius 2 is 2.00 bits per heavy atom. The van der Waals surface area contributed by atoms with Crippen molar-refractivity contribution in [3.63, 3.8) is 0 Å². The lowest BCUT2D eigenvalue weighted by Gasteiger charge is -2.33. The molecule has 2 bridgehead atoms. The minimum absolute atomic E-state index is 0.151. The van der Waals surface area contributed by atoms with Gasteiger partial charge in [-0.25, -0.2) is 4.79 Å². The van der Waals surface area contributed by atoms with Gasteiger partial charge in [0.25, 0.3) is 0 Å². The fourth-order valence-electron chi connectivity index (χ4n) is 3.17. The average Bonchev–Trinajstić information content (AvgIpc) is 2.70. The van der Waals surface area contributed by atoms with Crippen LogP contribution in [0.2, 0.25) is 0 Å². The maximum absolute atomic E-state index is 12.0. The van der Waals surface area contributed by atoms with Crippen LogP contribution in [0.15, 0.2) is 0 Å². The van der Waals surface area contributed by atoms with E-state index in [1.54, 1.807) is 11.9 Å². The first kappa shape index (κ1) is 12.7. The molecule has 1 N–H and O–H groups in total. The van der Waals surface area contributed by atoms with Gasteiger partial charge in [0.05, 0.1) is 6.10 Å². The van der Waals surface area contributed by atoms with Crippen LogP contribution in [0.5, 0.6) is 0 Å². The zero-order valence-electron chi connectivity index (χ0n) is 11.1. The highest BCUT2D eigenvalue weighted by atomic mass is 16.6. The zero-order valence-corrected chi connectivity index (χ0v) is 11.1. The van der Waals surface area contributed by atoms with E-state index in [-0.39, 0.29) is 24.2 Å². The molecule has 1 amide bonds. The van der Waals surface area contributed by atoms with Crippen molar-refractivity contribution in [1.82, 2.24) is 4.90 Å². The first-order valence-corrected chi connectivity index (χ1v) is 6.43. The highest BCUT2D eigenvalue weighted by Gasteiger charge is 2.49. The number of carbonyl (C=O) groups excluding carboxylic acids is 1. The van der Waals surface area contributed by atoms with Crippen molar-refractivity contribution in [2.24, 2.45) is 11.8 Å². The summed E-state index contributed by atoms with van der Waals surface area (Å²) in [7, 11) is 1.78. The molecule has 0 spiro atoms. The lowest BCUT2D eigenvalue weighted by molar-refractivity contribution is 0.0144. The van der Waals surface area contributed by atoms with E-state index in [0.29, 0.717) is 5.92 Å². The molecule has 0 aromatic rings. The second-order valence-corrected chi connectivity index (χ2v) is 6.39. The van der Waals surface area contributed by atoms with E-state index in [1.807, 2.05) is 20.8 Å². The highest BCUT2D eigenvalue weighted by Crippen LogP contribution is 2.46. The van der Waals surface area contributed by atoms with Gasteiger partial charge in [0.1, 0.15) is 5.60 Å². The maximum atomic E-state index is 12.0. The van der Waals surface area contributed by atoms with Crippen molar-refractivity contribution in [3.8, 4) is 0 Å². The van der Waals surface area contributed by atoms with Crippen LogP contribution >= 0.6 is 0 Å². The van der Waals surface area contributed by atoms with Crippen molar-refractivity contribution < 1.29 is 14.6 Å². The molecule has 2 aliphatic carbocycles. The Labute approximate surface area is 103 Å². The SMILES string of the molecule is CN(C(=O)OC(C)(C)C)[C@H]1C[C@H]2CC[C@@H]1[C@@H]2O. The molecule has 2 aliphatic rings. The van der Waals surface area contributed by atoms with Gasteiger partial charge in [-0.05, 0) is 46.0 Å². The van der Waals surface area contributed by atoms with E-state index in [2.05, 4.69) is 0 Å². The molecule has 17 heavy (non-hydrogen) atoms. The molecule has 2 rings (SSSR count). The predicted molar refractivity (Wildman–Crippen MR) is 64.6 cm³/mol. The van der Waals surface area contributed by atoms with Crippen molar-refractivity contribution in [2.45, 2.75) is 57.8 Å². The molecule has 0 aliphatic heterocycles. The summed E-state index contributed by atoms with van der Waals surface area (Å²) in [6, 6.07) is 0.151. The normalized spacial score (nSPS) is 36.1. The summed E-state index contributed by atoms with van der Waals surface area (Å²) in [5.74, 6) is 0.632. The number of hydrogen-bond acceptors (Lipinski definition) is 3. The number of nitrogens with zero attached hydrogens (tertiary/aromatic N) is 1. The minimum Gasteiger partial charge on any atom is -0.444 e. The van der Waals surface area contributed by atoms with Gasteiger partial charge in [-0.3, -0.25) is 0 Å². The summed E-state index contributed by atoms with van der Waals surface area (Å²) in [5.41, 5.74) is -0.457. The largest absolute Gasteiger partial charge is 0.444 e. The first-order valence-electron chi connectivity index (χ1n) is 6.43. The topological polar surface area (TPSA) is 49.8 Å². The average molecular weight is 241 g/mol. The Hall–Kier alpha value is -0.770. The Bertz CT molecular complexity index is 310. The number of aliphatic hydroxyl groups is 1. The molecular formula is C13H23NO3. The Morgan fingerprint density at radius 3 is 2.41 bits per heavy atom. The maximum Gasteiger partial charge on any atom is 0.410 e. The molecule has 4 heteroatoms.